The molecule has 0 aromatic heterocycles. The molecule has 5 atom stereocenters. The smallest absolute Gasteiger partial charge is 0.305 e. The van der Waals surface area contributed by atoms with Crippen LogP contribution >= 0.6 is 0 Å². The Balaban J connectivity index is 2.69. The molecule has 0 aliphatic carbocycles. The van der Waals surface area contributed by atoms with Crippen molar-refractivity contribution >= 4 is 0 Å². The number of nitrogens with two attached hydrogens (primary N) is 1. The molecule has 1 aliphatic heterocycles. The van der Waals surface area contributed by atoms with Crippen molar-refractivity contribution in [2.75, 3.05) is 33.0 Å². The van der Waals surface area contributed by atoms with Crippen molar-refractivity contribution in [2.24, 2.45) is 5.73 Å². The quantitative estimate of drug-likeness (QED) is 0.192. The van der Waals surface area contributed by atoms with Gasteiger partial charge in [-0.05, 0) is 6.20 Å². The average molecular weight is 308 g/mol. The lowest BCUT2D eigenvalue weighted by atomic mass is 9.95. The first-order valence-electron chi connectivity index (χ1n) is 6.66. The lowest BCUT2D eigenvalue weighted by molar-refractivity contribution is -0.426. The molecule has 21 heavy (non-hydrogen) atoms. The van der Waals surface area contributed by atoms with Crippen molar-refractivity contribution < 1.29 is 34.6 Å². The molecule has 0 aromatic rings. The summed E-state index contributed by atoms with van der Waals surface area (Å²) in [5.74, 6) is -2.24. The molecular weight excluding hydrogens is 284 g/mol. The zero-order chi connectivity index (χ0) is 15.9. The normalized spacial score (nSPS) is 36.4. The Hall–Kier alpha value is -0.780. The van der Waals surface area contributed by atoms with Gasteiger partial charge in [-0.2, -0.15) is 0 Å². The Morgan fingerprint density at radius 3 is 2.57 bits per heavy atom. The van der Waals surface area contributed by atoms with Gasteiger partial charge in [0.05, 0.1) is 26.4 Å². The second kappa shape index (κ2) is 8.61. The number of nitrogens with one attached hydrogen (secondary N) is 1. The van der Waals surface area contributed by atoms with Crippen LogP contribution in [0.2, 0.25) is 0 Å². The van der Waals surface area contributed by atoms with Gasteiger partial charge in [0.25, 0.3) is 0 Å². The summed E-state index contributed by atoms with van der Waals surface area (Å²) in [6.45, 7) is 3.67. The fourth-order valence-corrected chi connectivity index (χ4v) is 2.02. The van der Waals surface area contributed by atoms with Crippen LogP contribution in [-0.2, 0) is 14.2 Å². The fraction of sp³-hybridized carbons (Fsp3) is 0.833. The van der Waals surface area contributed by atoms with Gasteiger partial charge in [0, 0.05) is 6.54 Å². The molecule has 0 saturated carbocycles. The van der Waals surface area contributed by atoms with E-state index >= 15 is 0 Å². The van der Waals surface area contributed by atoms with Crippen LogP contribution in [0.25, 0.3) is 0 Å². The van der Waals surface area contributed by atoms with Gasteiger partial charge in [-0.15, -0.1) is 0 Å². The topological polar surface area (TPSA) is 147 Å². The summed E-state index contributed by atoms with van der Waals surface area (Å²) in [5.41, 5.74) is 5.26. The SMILES string of the molecule is C=CN[C@@H]1[C@@H](O)[C@@H](O)[C@@H](CO)O[C@]1(O)OCCOCCN. The zero-order valence-electron chi connectivity index (χ0n) is 11.7. The minimum Gasteiger partial charge on any atom is -0.394 e. The van der Waals surface area contributed by atoms with E-state index in [1.807, 2.05) is 0 Å². The van der Waals surface area contributed by atoms with Gasteiger partial charge in [-0.3, -0.25) is 0 Å². The van der Waals surface area contributed by atoms with E-state index in [0.29, 0.717) is 13.2 Å². The molecule has 0 spiro atoms. The van der Waals surface area contributed by atoms with E-state index < -0.39 is 36.9 Å². The van der Waals surface area contributed by atoms with Crippen molar-refractivity contribution in [3.05, 3.63) is 12.8 Å². The lowest BCUT2D eigenvalue weighted by Gasteiger charge is -2.46. The van der Waals surface area contributed by atoms with Crippen LogP contribution in [0.3, 0.4) is 0 Å². The number of aliphatic hydroxyl groups excluding tert-OH is 3. The van der Waals surface area contributed by atoms with Crippen LogP contribution < -0.4 is 11.1 Å². The van der Waals surface area contributed by atoms with E-state index in [2.05, 4.69) is 11.9 Å². The maximum Gasteiger partial charge on any atom is 0.305 e. The molecule has 7 N–H and O–H groups in total. The van der Waals surface area contributed by atoms with E-state index in [9.17, 15) is 15.3 Å². The Morgan fingerprint density at radius 1 is 1.29 bits per heavy atom. The highest BCUT2D eigenvalue weighted by Gasteiger charge is 2.54. The van der Waals surface area contributed by atoms with Gasteiger partial charge in [-0.1, -0.05) is 6.58 Å². The summed E-state index contributed by atoms with van der Waals surface area (Å²) in [6.07, 6.45) is -2.77. The van der Waals surface area contributed by atoms with Crippen molar-refractivity contribution in [1.29, 1.82) is 0 Å². The first-order chi connectivity index (χ1) is 10.00. The van der Waals surface area contributed by atoms with Gasteiger partial charge in [-0.25, -0.2) is 0 Å². The van der Waals surface area contributed by atoms with Gasteiger partial charge in [0.15, 0.2) is 0 Å². The van der Waals surface area contributed by atoms with Crippen LogP contribution in [0.1, 0.15) is 0 Å². The molecule has 9 heteroatoms. The van der Waals surface area contributed by atoms with E-state index in [-0.39, 0.29) is 13.2 Å². The number of rotatable bonds is 9. The fourth-order valence-electron chi connectivity index (χ4n) is 2.02. The Labute approximate surface area is 122 Å². The van der Waals surface area contributed by atoms with E-state index in [4.69, 9.17) is 25.1 Å². The Kier molecular flexibility index (Phi) is 7.49. The molecule has 1 saturated heterocycles. The first kappa shape index (κ1) is 18.3. The minimum absolute atomic E-state index is 0.0349. The summed E-state index contributed by atoms with van der Waals surface area (Å²) in [7, 11) is 0. The van der Waals surface area contributed by atoms with Crippen molar-refractivity contribution in [1.82, 2.24) is 5.32 Å². The van der Waals surface area contributed by atoms with Crippen LogP contribution in [0.15, 0.2) is 12.8 Å². The molecule has 0 aromatic carbocycles. The van der Waals surface area contributed by atoms with Crippen LogP contribution in [0.5, 0.6) is 0 Å². The first-order valence-corrected chi connectivity index (χ1v) is 6.66. The number of hydrogen-bond acceptors (Lipinski definition) is 9. The van der Waals surface area contributed by atoms with Gasteiger partial charge < -0.3 is 45.7 Å². The number of aliphatic hydroxyl groups is 4. The van der Waals surface area contributed by atoms with E-state index in [1.54, 1.807) is 0 Å². The highest BCUT2D eigenvalue weighted by molar-refractivity contribution is 4.98. The standard InChI is InChI=1S/C12H24N2O7/c1-2-14-11-10(17)9(16)8(7-15)21-12(11,18)20-6-5-19-4-3-13/h2,8-11,14-18H,1,3-7,13H2/t8-,9+,10+,11-,12-/m1/s1. The molecule has 1 rings (SSSR count). The van der Waals surface area contributed by atoms with E-state index in [0.717, 1.165) is 0 Å². The molecule has 9 nitrogen and oxygen atoms in total. The van der Waals surface area contributed by atoms with Crippen molar-refractivity contribution in [3.63, 3.8) is 0 Å². The average Bonchev–Trinajstić information content (AvgIpc) is 2.47. The highest BCUT2D eigenvalue weighted by atomic mass is 16.8. The van der Waals surface area contributed by atoms with Crippen molar-refractivity contribution in [3.8, 4) is 0 Å². The van der Waals surface area contributed by atoms with Gasteiger partial charge >= 0.3 is 5.97 Å². The Morgan fingerprint density at radius 2 is 2.00 bits per heavy atom. The van der Waals surface area contributed by atoms with Crippen LogP contribution in [-0.4, -0.2) is 83.7 Å². The molecule has 0 amide bonds. The summed E-state index contributed by atoms with van der Waals surface area (Å²) in [4.78, 5) is 0. The van der Waals surface area contributed by atoms with Crippen LogP contribution in [0.4, 0.5) is 0 Å². The monoisotopic (exact) mass is 308 g/mol. The largest absolute Gasteiger partial charge is 0.394 e. The minimum atomic E-state index is -2.24. The second-order valence-electron chi connectivity index (χ2n) is 4.55. The number of hydrogen-bond donors (Lipinski definition) is 6. The zero-order valence-corrected chi connectivity index (χ0v) is 11.7. The predicted molar refractivity (Wildman–Crippen MR) is 71.9 cm³/mol. The third kappa shape index (κ3) is 4.59. The molecular formula is C12H24N2O7. The summed E-state index contributed by atoms with van der Waals surface area (Å²) >= 11 is 0. The van der Waals surface area contributed by atoms with Gasteiger partial charge in [0.2, 0.25) is 0 Å². The third-order valence-corrected chi connectivity index (χ3v) is 3.06. The third-order valence-electron chi connectivity index (χ3n) is 3.06. The summed E-state index contributed by atoms with van der Waals surface area (Å²) in [5, 5.41) is 41.9. The van der Waals surface area contributed by atoms with Crippen molar-refractivity contribution in [2.45, 2.75) is 30.3 Å². The molecule has 0 radical (unpaired) electrons. The van der Waals surface area contributed by atoms with Crippen LogP contribution in [0, 0.1) is 0 Å². The molecule has 124 valence electrons. The molecule has 1 heterocycles. The summed E-state index contributed by atoms with van der Waals surface area (Å²) in [6, 6.07) is -1.18. The molecule has 0 bridgehead atoms. The predicted octanol–water partition coefficient (Wildman–Crippen LogP) is -3.16. The highest BCUT2D eigenvalue weighted by Crippen LogP contribution is 2.29. The van der Waals surface area contributed by atoms with E-state index in [1.165, 1.54) is 6.20 Å². The molecule has 1 aliphatic rings. The van der Waals surface area contributed by atoms with Gasteiger partial charge in [0.1, 0.15) is 24.4 Å². The maximum absolute atomic E-state index is 10.4. The molecule has 0 unspecified atom stereocenters. The molecule has 1 fully saturated rings. The Bertz CT molecular complexity index is 320. The second-order valence-corrected chi connectivity index (χ2v) is 4.55. The summed E-state index contributed by atoms with van der Waals surface area (Å²) < 4.78 is 15.5. The number of ether oxygens (including phenoxy) is 3. The maximum atomic E-state index is 10.4. The lowest BCUT2D eigenvalue weighted by Crippen LogP contribution is -2.69.